The number of carboxylic acid groups (broad SMARTS) is 1. The van der Waals surface area contributed by atoms with Crippen molar-refractivity contribution in [2.24, 2.45) is 4.99 Å². The Morgan fingerprint density at radius 2 is 1.75 bits per heavy atom. The summed E-state index contributed by atoms with van der Waals surface area (Å²) in [6.45, 7) is 1.49. The lowest BCUT2D eigenvalue weighted by Crippen LogP contribution is -2.43. The second-order valence-electron chi connectivity index (χ2n) is 8.44. The summed E-state index contributed by atoms with van der Waals surface area (Å²) in [5, 5.41) is 18.1. The minimum atomic E-state index is -0.998. The summed E-state index contributed by atoms with van der Waals surface area (Å²) in [5.74, 6) is -0.959. The summed E-state index contributed by atoms with van der Waals surface area (Å²) >= 11 is 1.30. The summed E-state index contributed by atoms with van der Waals surface area (Å²) < 4.78 is 0. The Kier molecular flexibility index (Phi) is 8.46. The number of guanidine groups is 1. The highest BCUT2D eigenvalue weighted by Crippen LogP contribution is 2.25. The number of carbonyl (C=O) groups is 3. The Morgan fingerprint density at radius 1 is 1.00 bits per heavy atom. The smallest absolute Gasteiger partial charge is 0.305 e. The molecule has 3 aromatic rings. The molecule has 8 nitrogen and oxygen atoms in total. The predicted octanol–water partition coefficient (Wildman–Crippen LogP) is 3.76. The third-order valence-electron chi connectivity index (χ3n) is 5.74. The van der Waals surface area contributed by atoms with E-state index in [4.69, 9.17) is 0 Å². The molecule has 186 valence electrons. The second kappa shape index (κ2) is 12.1. The Balaban J connectivity index is 1.36. The fourth-order valence-corrected chi connectivity index (χ4v) is 4.79. The number of thiophene rings is 1. The molecular weight excluding hydrogens is 476 g/mol. The van der Waals surface area contributed by atoms with E-state index in [9.17, 15) is 19.5 Å². The minimum absolute atomic E-state index is 0.136. The molecule has 4 rings (SSSR count). The number of aliphatic carboxylic acids is 1. The number of aryl methyl sites for hydroxylation is 1. The van der Waals surface area contributed by atoms with Gasteiger partial charge in [0.15, 0.2) is 5.96 Å². The summed E-state index contributed by atoms with van der Waals surface area (Å²) in [5.41, 5.74) is 2.79. The van der Waals surface area contributed by atoms with Gasteiger partial charge in [-0.1, -0.05) is 54.6 Å². The molecule has 0 radical (unpaired) electrons. The normalized spacial score (nSPS) is 13.7. The van der Waals surface area contributed by atoms with Gasteiger partial charge in [-0.25, -0.2) is 0 Å². The van der Waals surface area contributed by atoms with Gasteiger partial charge < -0.3 is 15.7 Å². The Morgan fingerprint density at radius 3 is 2.44 bits per heavy atom. The zero-order valence-electron chi connectivity index (χ0n) is 19.7. The van der Waals surface area contributed by atoms with Gasteiger partial charge in [0.2, 0.25) is 5.91 Å². The van der Waals surface area contributed by atoms with Crippen molar-refractivity contribution in [3.8, 4) is 11.1 Å². The first kappa shape index (κ1) is 25.1. The third kappa shape index (κ3) is 7.02. The highest BCUT2D eigenvalue weighted by Gasteiger charge is 2.20. The number of rotatable bonds is 9. The largest absolute Gasteiger partial charge is 0.481 e. The lowest BCUT2D eigenvalue weighted by atomic mass is 9.99. The van der Waals surface area contributed by atoms with Crippen LogP contribution in [0.15, 0.2) is 71.7 Å². The predicted molar refractivity (Wildman–Crippen MR) is 140 cm³/mol. The highest BCUT2D eigenvalue weighted by atomic mass is 32.1. The summed E-state index contributed by atoms with van der Waals surface area (Å²) in [4.78, 5) is 42.2. The molecule has 2 heterocycles. The van der Waals surface area contributed by atoms with Gasteiger partial charge in [0, 0.05) is 24.4 Å². The quantitative estimate of drug-likeness (QED) is 0.354. The van der Waals surface area contributed by atoms with E-state index in [1.165, 1.54) is 11.3 Å². The van der Waals surface area contributed by atoms with E-state index in [2.05, 4.69) is 20.9 Å². The molecule has 0 fully saturated rings. The average molecular weight is 505 g/mol. The Hall–Kier alpha value is -3.98. The molecule has 2 amide bonds. The SMILES string of the molecule is O=C(O)C[C@H](NC(=O)c1ccc(CCC(=O)NC2=NCCCN2)s1)c1ccc(-c2ccccc2)cc1. The van der Waals surface area contributed by atoms with Crippen molar-refractivity contribution >= 4 is 35.1 Å². The van der Waals surface area contributed by atoms with Gasteiger partial charge in [-0.3, -0.25) is 24.7 Å². The van der Waals surface area contributed by atoms with Crippen LogP contribution in [0.2, 0.25) is 0 Å². The van der Waals surface area contributed by atoms with Crippen molar-refractivity contribution in [3.05, 3.63) is 82.0 Å². The molecule has 4 N–H and O–H groups in total. The third-order valence-corrected chi connectivity index (χ3v) is 6.89. The number of carboxylic acids is 1. The maximum atomic E-state index is 12.9. The first-order valence-electron chi connectivity index (χ1n) is 11.8. The van der Waals surface area contributed by atoms with E-state index < -0.39 is 12.0 Å². The van der Waals surface area contributed by atoms with Crippen LogP contribution < -0.4 is 16.0 Å². The molecule has 0 spiro atoms. The van der Waals surface area contributed by atoms with E-state index in [-0.39, 0.29) is 24.7 Å². The molecule has 0 saturated carbocycles. The van der Waals surface area contributed by atoms with Crippen LogP contribution >= 0.6 is 11.3 Å². The number of amides is 2. The van der Waals surface area contributed by atoms with Crippen molar-refractivity contribution in [2.75, 3.05) is 13.1 Å². The Labute approximate surface area is 213 Å². The van der Waals surface area contributed by atoms with E-state index in [1.807, 2.05) is 60.7 Å². The van der Waals surface area contributed by atoms with Crippen molar-refractivity contribution in [3.63, 3.8) is 0 Å². The first-order valence-corrected chi connectivity index (χ1v) is 12.6. The van der Waals surface area contributed by atoms with Gasteiger partial charge >= 0.3 is 5.97 Å². The first-order chi connectivity index (χ1) is 17.5. The van der Waals surface area contributed by atoms with Crippen LogP contribution in [0.25, 0.3) is 11.1 Å². The van der Waals surface area contributed by atoms with Crippen molar-refractivity contribution in [2.45, 2.75) is 31.7 Å². The van der Waals surface area contributed by atoms with Gasteiger partial charge in [-0.2, -0.15) is 0 Å². The van der Waals surface area contributed by atoms with Gasteiger partial charge in [-0.15, -0.1) is 11.3 Å². The van der Waals surface area contributed by atoms with E-state index in [0.29, 0.717) is 23.8 Å². The van der Waals surface area contributed by atoms with Crippen LogP contribution in [-0.2, 0) is 16.0 Å². The van der Waals surface area contributed by atoms with E-state index in [1.54, 1.807) is 6.07 Å². The molecule has 9 heteroatoms. The maximum Gasteiger partial charge on any atom is 0.305 e. The van der Waals surface area contributed by atoms with Gasteiger partial charge in [0.05, 0.1) is 17.3 Å². The van der Waals surface area contributed by atoms with Crippen LogP contribution in [0, 0.1) is 0 Å². The van der Waals surface area contributed by atoms with E-state index in [0.717, 1.165) is 34.5 Å². The number of benzene rings is 2. The highest BCUT2D eigenvalue weighted by molar-refractivity contribution is 7.14. The summed E-state index contributed by atoms with van der Waals surface area (Å²) in [7, 11) is 0. The maximum absolute atomic E-state index is 12.9. The zero-order chi connectivity index (χ0) is 25.3. The number of hydrogen-bond acceptors (Lipinski definition) is 6. The standard InChI is InChI=1S/C27H28N4O4S/c32-24(31-27-28-15-4-16-29-27)14-12-21-11-13-23(36-21)26(35)30-22(17-25(33)34)20-9-7-19(8-10-20)18-5-2-1-3-6-18/h1-3,5-11,13,22H,4,12,14-17H2,(H,30,35)(H,33,34)(H2,28,29,31,32)/t22-/m0/s1. The zero-order valence-corrected chi connectivity index (χ0v) is 20.5. The van der Waals surface area contributed by atoms with Crippen molar-refractivity contribution in [1.82, 2.24) is 16.0 Å². The molecule has 2 aromatic carbocycles. The van der Waals surface area contributed by atoms with Crippen LogP contribution in [0.4, 0.5) is 0 Å². The van der Waals surface area contributed by atoms with Crippen LogP contribution in [0.3, 0.4) is 0 Å². The van der Waals surface area contributed by atoms with Crippen LogP contribution in [0.5, 0.6) is 0 Å². The molecule has 1 atom stereocenters. The molecule has 0 aliphatic carbocycles. The fraction of sp³-hybridized carbons (Fsp3) is 0.259. The number of nitrogens with one attached hydrogen (secondary N) is 3. The molecule has 36 heavy (non-hydrogen) atoms. The number of carbonyl (C=O) groups excluding carboxylic acids is 2. The van der Waals surface area contributed by atoms with Crippen molar-refractivity contribution in [1.29, 1.82) is 0 Å². The lowest BCUT2D eigenvalue weighted by Gasteiger charge is -2.17. The number of hydrogen-bond donors (Lipinski definition) is 4. The lowest BCUT2D eigenvalue weighted by molar-refractivity contribution is -0.137. The molecular formula is C27H28N4O4S. The number of aliphatic imine (C=N–C) groups is 1. The Bertz CT molecular complexity index is 1240. The monoisotopic (exact) mass is 504 g/mol. The summed E-state index contributed by atoms with van der Waals surface area (Å²) in [6.07, 6.45) is 1.49. The molecule has 1 aliphatic rings. The molecule has 0 unspecified atom stereocenters. The summed E-state index contributed by atoms with van der Waals surface area (Å²) in [6, 6.07) is 20.3. The topological polar surface area (TPSA) is 120 Å². The average Bonchev–Trinajstić information content (AvgIpc) is 3.37. The minimum Gasteiger partial charge on any atom is -0.481 e. The van der Waals surface area contributed by atoms with Gasteiger partial charge in [0.1, 0.15) is 0 Å². The molecule has 1 aliphatic heterocycles. The molecule has 1 aromatic heterocycles. The molecule has 0 saturated heterocycles. The molecule has 0 bridgehead atoms. The van der Waals surface area contributed by atoms with E-state index >= 15 is 0 Å². The van der Waals surface area contributed by atoms with Crippen molar-refractivity contribution < 1.29 is 19.5 Å². The number of nitrogens with zero attached hydrogens (tertiary/aromatic N) is 1. The van der Waals surface area contributed by atoms with Crippen LogP contribution in [0.1, 0.15) is 45.4 Å². The fourth-order valence-electron chi connectivity index (χ4n) is 3.88. The van der Waals surface area contributed by atoms with Gasteiger partial charge in [-0.05, 0) is 41.7 Å². The van der Waals surface area contributed by atoms with Crippen LogP contribution in [-0.4, -0.2) is 41.9 Å². The second-order valence-corrected chi connectivity index (χ2v) is 9.61. The van der Waals surface area contributed by atoms with Gasteiger partial charge in [0.25, 0.3) is 5.91 Å².